The van der Waals surface area contributed by atoms with Crippen LogP contribution in [0, 0.1) is 0 Å². The van der Waals surface area contributed by atoms with E-state index in [0.717, 1.165) is 24.3 Å². The van der Waals surface area contributed by atoms with E-state index in [4.69, 9.17) is 20.4 Å². The standard InChI is InChI=1S/4C6H8O2.14K.14H/c4*1-2-3-4-5-6(7)8;;;;;;;;;;;;;;;;;;;;;;;;;;;;/h4*2-5H,1H3,(H,7,8);;;;;;;;;;;;;;;;;;;;;;;;;;;;/q;;;;14*+1;14*-1. The van der Waals surface area contributed by atoms with Crippen LogP contribution in [0.25, 0.3) is 0 Å². The summed E-state index contributed by atoms with van der Waals surface area (Å²) in [6, 6.07) is 0. The minimum absolute atomic E-state index is 0. The van der Waals surface area contributed by atoms with Crippen molar-refractivity contribution in [3.63, 3.8) is 0 Å². The zero-order chi connectivity index (χ0) is 25.6. The molecule has 0 rings (SSSR count). The molecule has 0 heterocycles. The molecule has 0 fully saturated rings. The number of carbonyl (C=O) groups is 4. The number of hydrogen-bond acceptors (Lipinski definition) is 4. The Kier molecular flexibility index (Phi) is 301. The molecule has 0 aliphatic heterocycles. The molecule has 0 aliphatic carbocycles. The molecule has 0 unspecified atom stereocenters. The quantitative estimate of drug-likeness (QED) is 0.107. The molecule has 22 heteroatoms. The summed E-state index contributed by atoms with van der Waals surface area (Å²) < 4.78 is 0. The molecule has 0 aromatic carbocycles. The van der Waals surface area contributed by atoms with Crippen molar-refractivity contribution < 1.29 is 779 Å². The second-order valence-corrected chi connectivity index (χ2v) is 4.89. The van der Waals surface area contributed by atoms with Gasteiger partial charge < -0.3 is 40.4 Å². The Bertz CT molecular complexity index is 706. The molecule has 0 bridgehead atoms. The van der Waals surface area contributed by atoms with Gasteiger partial charge in [-0.15, -0.1) is 0 Å². The van der Waals surface area contributed by atoms with Crippen molar-refractivity contribution in [2.24, 2.45) is 0 Å². The fraction of sp³-hybridized carbons (Fsp3) is 0.167. The Hall–Kier alpha value is 18.7. The molecule has 0 saturated carbocycles. The summed E-state index contributed by atoms with van der Waals surface area (Å²) in [5.41, 5.74) is 0. The molecule has 4 N–H and O–H groups in total. The van der Waals surface area contributed by atoms with Crippen LogP contribution >= 0.6 is 0 Å². The van der Waals surface area contributed by atoms with Crippen molar-refractivity contribution in [1.29, 1.82) is 0 Å². The van der Waals surface area contributed by atoms with Crippen molar-refractivity contribution in [2.45, 2.75) is 27.7 Å². The number of rotatable bonds is 8. The van der Waals surface area contributed by atoms with Gasteiger partial charge in [-0.05, 0) is 27.7 Å². The second-order valence-electron chi connectivity index (χ2n) is 4.89. The Balaban J connectivity index is -0.00000000503. The van der Waals surface area contributed by atoms with Crippen LogP contribution in [0.3, 0.4) is 0 Å². The number of hydrogen-bond donors (Lipinski definition) is 4. The van der Waals surface area contributed by atoms with Gasteiger partial charge in [-0.25, -0.2) is 19.2 Å². The van der Waals surface area contributed by atoms with Gasteiger partial charge in [-0.2, -0.15) is 0 Å². The smallest absolute Gasteiger partial charge is 1.00 e. The predicted molar refractivity (Wildman–Crippen MR) is 142 cm³/mol. The van der Waals surface area contributed by atoms with Crippen LogP contribution in [-0.2, 0) is 19.2 Å². The summed E-state index contributed by atoms with van der Waals surface area (Å²) in [5.74, 6) is -3.66. The third-order valence-corrected chi connectivity index (χ3v) is 2.17. The Labute approximate surface area is 894 Å². The Morgan fingerprint density at radius 1 is 0.304 bits per heavy atom. The van der Waals surface area contributed by atoms with Crippen LogP contribution in [-0.4, -0.2) is 44.3 Å². The first-order valence-corrected chi connectivity index (χ1v) is 9.18. The molecule has 0 aliphatic rings. The summed E-state index contributed by atoms with van der Waals surface area (Å²) in [5, 5.41) is 32.1. The summed E-state index contributed by atoms with van der Waals surface area (Å²) in [6.45, 7) is 7.30. The van der Waals surface area contributed by atoms with E-state index in [0.29, 0.717) is 0 Å². The van der Waals surface area contributed by atoms with Gasteiger partial charge in [0.15, 0.2) is 0 Å². The normalized spacial score (nSPS) is 7.74. The molecule has 0 aromatic heterocycles. The van der Waals surface area contributed by atoms with E-state index in [-0.39, 0.29) is 739 Å². The van der Waals surface area contributed by atoms with Gasteiger partial charge in [0.1, 0.15) is 0 Å². The molecular formula is C24H46K14O8. The fourth-order valence-corrected chi connectivity index (χ4v) is 0.996. The van der Waals surface area contributed by atoms with E-state index in [9.17, 15) is 19.2 Å². The summed E-state index contributed by atoms with van der Waals surface area (Å²) in [7, 11) is 0. The molecule has 0 amide bonds. The zero-order valence-corrected chi connectivity index (χ0v) is 76.4. The first-order valence-electron chi connectivity index (χ1n) is 9.18. The molecule has 0 radical (unpaired) electrons. The molecule has 46 heavy (non-hydrogen) atoms. The third-order valence-electron chi connectivity index (χ3n) is 2.17. The van der Waals surface area contributed by atoms with Crippen molar-refractivity contribution >= 4 is 23.9 Å². The monoisotopic (exact) mass is 1010 g/mol. The summed E-state index contributed by atoms with van der Waals surface area (Å²) in [6.07, 6.45) is 23.9. The van der Waals surface area contributed by atoms with Crippen LogP contribution in [0.1, 0.15) is 47.7 Å². The van der Waals surface area contributed by atoms with Gasteiger partial charge in [0.25, 0.3) is 0 Å². The SMILES string of the molecule is CC=CC=CC(=O)O.CC=CC=CC(=O)O.CC=CC=CC(=O)O.CC=CC=CC(=O)O.[H-].[H-].[H-].[H-].[H-].[H-].[H-].[H-].[H-].[H-].[H-].[H-].[H-].[H-].[K+].[K+].[K+].[K+].[K+].[K+].[K+].[K+].[K+].[K+].[K+].[K+].[K+].[K+]. The van der Waals surface area contributed by atoms with E-state index in [1.54, 1.807) is 48.6 Å². The van der Waals surface area contributed by atoms with E-state index in [1.165, 1.54) is 24.3 Å². The van der Waals surface area contributed by atoms with Crippen LogP contribution < -0.4 is 719 Å². The van der Waals surface area contributed by atoms with Gasteiger partial charge in [-0.3, -0.25) is 0 Å². The summed E-state index contributed by atoms with van der Waals surface area (Å²) in [4.78, 5) is 39.0. The Morgan fingerprint density at radius 2 is 0.413 bits per heavy atom. The predicted octanol–water partition coefficient (Wildman–Crippen LogP) is -35.6. The zero-order valence-electron chi connectivity index (χ0n) is 46.7. The number of allylic oxidation sites excluding steroid dienone is 12. The van der Waals surface area contributed by atoms with Gasteiger partial charge in [0.05, 0.1) is 0 Å². The van der Waals surface area contributed by atoms with Gasteiger partial charge >= 0.3 is 743 Å². The van der Waals surface area contributed by atoms with Crippen molar-refractivity contribution in [3.05, 3.63) is 97.2 Å². The molecule has 0 saturated heterocycles. The minimum atomic E-state index is -0.914. The number of carboxylic acids is 4. The average Bonchev–Trinajstić information content (AvgIpc) is 2.69. The maximum Gasteiger partial charge on any atom is 1.00 e. The van der Waals surface area contributed by atoms with Crippen molar-refractivity contribution in [3.8, 4) is 0 Å². The third kappa shape index (κ3) is 159. The van der Waals surface area contributed by atoms with Gasteiger partial charge in [0, 0.05) is 24.3 Å². The molecule has 0 spiro atoms. The molecule has 204 valence electrons. The van der Waals surface area contributed by atoms with E-state index >= 15 is 0 Å². The maximum atomic E-state index is 9.75. The number of carboxylic acid groups (broad SMARTS) is 4. The van der Waals surface area contributed by atoms with Crippen LogP contribution in [0.15, 0.2) is 97.2 Å². The van der Waals surface area contributed by atoms with Gasteiger partial charge in [-0.1, -0.05) is 72.9 Å². The van der Waals surface area contributed by atoms with Gasteiger partial charge in [0.2, 0.25) is 0 Å². The fourth-order valence-electron chi connectivity index (χ4n) is 0.996. The molecule has 8 nitrogen and oxygen atoms in total. The topological polar surface area (TPSA) is 149 Å². The molecule has 0 aromatic rings. The first kappa shape index (κ1) is 120. The maximum absolute atomic E-state index is 9.75. The number of aliphatic carboxylic acids is 4. The largest absolute Gasteiger partial charge is 1.00 e. The van der Waals surface area contributed by atoms with E-state index < -0.39 is 23.9 Å². The molecular weight excluding hydrogens is 964 g/mol. The first-order chi connectivity index (χ1) is 15.1. The van der Waals surface area contributed by atoms with Crippen LogP contribution in [0.2, 0.25) is 0 Å². The van der Waals surface area contributed by atoms with E-state index in [2.05, 4.69) is 0 Å². The van der Waals surface area contributed by atoms with Crippen LogP contribution in [0.4, 0.5) is 0 Å². The van der Waals surface area contributed by atoms with Crippen molar-refractivity contribution in [1.82, 2.24) is 0 Å². The Morgan fingerprint density at radius 3 is 0.478 bits per heavy atom. The second kappa shape index (κ2) is 115. The average molecular weight is 1010 g/mol. The van der Waals surface area contributed by atoms with E-state index in [1.807, 2.05) is 27.7 Å². The molecule has 0 atom stereocenters. The minimum Gasteiger partial charge on any atom is -1.00 e. The summed E-state index contributed by atoms with van der Waals surface area (Å²) >= 11 is 0. The van der Waals surface area contributed by atoms with Crippen LogP contribution in [0.5, 0.6) is 0 Å². The van der Waals surface area contributed by atoms with Crippen molar-refractivity contribution in [2.75, 3.05) is 0 Å².